The van der Waals surface area contributed by atoms with Crippen molar-refractivity contribution < 1.29 is 14.3 Å². The number of carbonyl (C=O) groups is 2. The van der Waals surface area contributed by atoms with Crippen molar-refractivity contribution in [1.29, 1.82) is 0 Å². The van der Waals surface area contributed by atoms with E-state index in [1.165, 1.54) is 0 Å². The fraction of sp³-hybridized carbons (Fsp3) is 0.400. The number of nitrogens with one attached hydrogen (secondary N) is 3. The van der Waals surface area contributed by atoms with E-state index in [-0.39, 0.29) is 24.0 Å². The minimum Gasteiger partial charge on any atom is -0.368 e. The molecule has 3 fully saturated rings. The Morgan fingerprint density at radius 2 is 1.68 bits per heavy atom. The van der Waals surface area contributed by atoms with Crippen LogP contribution in [0.4, 0.5) is 23.0 Å². The fourth-order valence-corrected chi connectivity index (χ4v) is 5.50. The maximum Gasteiger partial charge on any atom is 0.253 e. The van der Waals surface area contributed by atoms with Gasteiger partial charge in [0.15, 0.2) is 0 Å². The van der Waals surface area contributed by atoms with Gasteiger partial charge in [0, 0.05) is 61.6 Å². The van der Waals surface area contributed by atoms with E-state index in [2.05, 4.69) is 43.0 Å². The van der Waals surface area contributed by atoms with Gasteiger partial charge in [-0.3, -0.25) is 9.59 Å². The van der Waals surface area contributed by atoms with Crippen molar-refractivity contribution in [1.82, 2.24) is 20.2 Å². The van der Waals surface area contributed by atoms with Crippen LogP contribution in [0.25, 0.3) is 11.3 Å². The van der Waals surface area contributed by atoms with E-state index in [9.17, 15) is 9.59 Å². The first-order chi connectivity index (χ1) is 19.6. The molecule has 2 aromatic carbocycles. The quantitative estimate of drug-likeness (QED) is 0.417. The van der Waals surface area contributed by atoms with E-state index < -0.39 is 0 Å². The number of ether oxygens (including phenoxy) is 1. The van der Waals surface area contributed by atoms with Crippen LogP contribution >= 0.6 is 0 Å². The molecule has 4 heterocycles. The Morgan fingerprint density at radius 1 is 0.900 bits per heavy atom. The molecule has 2 atom stereocenters. The lowest BCUT2D eigenvalue weighted by Crippen LogP contribution is -2.53. The van der Waals surface area contributed by atoms with Crippen molar-refractivity contribution in [2.75, 3.05) is 54.9 Å². The molecule has 10 heteroatoms. The highest BCUT2D eigenvalue weighted by molar-refractivity contribution is 5.94. The van der Waals surface area contributed by atoms with Gasteiger partial charge in [0.2, 0.25) is 11.9 Å². The summed E-state index contributed by atoms with van der Waals surface area (Å²) in [6.45, 7) is 4.74. The second kappa shape index (κ2) is 12.0. The first-order valence-electron chi connectivity index (χ1n) is 14.1. The lowest BCUT2D eigenvalue weighted by Gasteiger charge is -2.37. The van der Waals surface area contributed by atoms with Crippen LogP contribution in [0.3, 0.4) is 0 Å². The first kappa shape index (κ1) is 26.2. The molecule has 1 aromatic heterocycles. The number of rotatable bonds is 7. The van der Waals surface area contributed by atoms with Gasteiger partial charge < -0.3 is 30.5 Å². The van der Waals surface area contributed by atoms with Crippen molar-refractivity contribution in [3.63, 3.8) is 0 Å². The highest BCUT2D eigenvalue weighted by Gasteiger charge is 2.29. The summed E-state index contributed by atoms with van der Waals surface area (Å²) in [5.74, 6) is 0.656. The molecule has 3 aromatic rings. The second-order valence-corrected chi connectivity index (χ2v) is 10.5. The SMILES string of the molecule is O=C(Nc1ccc(-c2ccnc(Nc3ccc(N4CCN(C(=O)[C@@H]5CCCN5)CC4)cc3)n2)cc1)C1CCCO1. The van der Waals surface area contributed by atoms with Gasteiger partial charge in [0.05, 0.1) is 11.7 Å². The van der Waals surface area contributed by atoms with Gasteiger partial charge in [-0.15, -0.1) is 0 Å². The summed E-state index contributed by atoms with van der Waals surface area (Å²) in [5.41, 5.74) is 4.48. The molecule has 0 spiro atoms. The number of benzene rings is 2. The Bertz CT molecular complexity index is 1310. The average molecular weight is 542 g/mol. The smallest absolute Gasteiger partial charge is 0.253 e. The number of anilines is 4. The van der Waals surface area contributed by atoms with Crippen LogP contribution in [0.1, 0.15) is 25.7 Å². The molecule has 0 saturated carbocycles. The zero-order valence-corrected chi connectivity index (χ0v) is 22.5. The molecule has 0 bridgehead atoms. The summed E-state index contributed by atoms with van der Waals surface area (Å²) < 4.78 is 5.45. The molecule has 3 N–H and O–H groups in total. The van der Waals surface area contributed by atoms with Crippen molar-refractivity contribution in [3.05, 3.63) is 60.8 Å². The third-order valence-corrected chi connectivity index (χ3v) is 7.76. The number of carbonyl (C=O) groups excluding carboxylic acids is 2. The summed E-state index contributed by atoms with van der Waals surface area (Å²) in [6, 6.07) is 17.7. The maximum atomic E-state index is 12.7. The Kier molecular flexibility index (Phi) is 7.87. The Morgan fingerprint density at radius 3 is 2.38 bits per heavy atom. The number of piperazine rings is 1. The van der Waals surface area contributed by atoms with Crippen LogP contribution in [0.15, 0.2) is 60.8 Å². The van der Waals surface area contributed by atoms with Crippen LogP contribution in [0.5, 0.6) is 0 Å². The molecule has 208 valence electrons. The first-order valence-corrected chi connectivity index (χ1v) is 14.1. The minimum absolute atomic E-state index is 0.00137. The van der Waals surface area contributed by atoms with E-state index in [4.69, 9.17) is 4.74 Å². The van der Waals surface area contributed by atoms with E-state index in [0.717, 1.165) is 86.7 Å². The monoisotopic (exact) mass is 541 g/mol. The Hall–Kier alpha value is -4.02. The zero-order valence-electron chi connectivity index (χ0n) is 22.5. The lowest BCUT2D eigenvalue weighted by atomic mass is 10.1. The van der Waals surface area contributed by atoms with E-state index in [1.807, 2.05) is 47.4 Å². The van der Waals surface area contributed by atoms with Crippen LogP contribution < -0.4 is 20.9 Å². The van der Waals surface area contributed by atoms with Crippen molar-refractivity contribution in [3.8, 4) is 11.3 Å². The average Bonchev–Trinajstić information content (AvgIpc) is 3.74. The summed E-state index contributed by atoms with van der Waals surface area (Å²) >= 11 is 0. The lowest BCUT2D eigenvalue weighted by molar-refractivity contribution is -0.133. The minimum atomic E-state index is -0.357. The van der Waals surface area contributed by atoms with Gasteiger partial charge in [-0.1, -0.05) is 12.1 Å². The van der Waals surface area contributed by atoms with Crippen LogP contribution in [-0.2, 0) is 14.3 Å². The largest absolute Gasteiger partial charge is 0.368 e. The summed E-state index contributed by atoms with van der Waals surface area (Å²) in [6.07, 6.45) is 5.09. The van der Waals surface area contributed by atoms with Gasteiger partial charge in [-0.25, -0.2) is 9.97 Å². The molecule has 1 unspecified atom stereocenters. The number of amides is 2. The van der Waals surface area contributed by atoms with Gasteiger partial charge in [-0.2, -0.15) is 0 Å². The summed E-state index contributed by atoms with van der Waals surface area (Å²) in [4.78, 5) is 38.4. The second-order valence-electron chi connectivity index (χ2n) is 10.5. The number of aromatic nitrogens is 2. The molecule has 40 heavy (non-hydrogen) atoms. The Labute approximate surface area is 234 Å². The van der Waals surface area contributed by atoms with Gasteiger partial charge in [0.25, 0.3) is 5.91 Å². The van der Waals surface area contributed by atoms with Gasteiger partial charge >= 0.3 is 0 Å². The maximum absolute atomic E-state index is 12.7. The van der Waals surface area contributed by atoms with Crippen molar-refractivity contribution in [2.24, 2.45) is 0 Å². The molecule has 10 nitrogen and oxygen atoms in total. The van der Waals surface area contributed by atoms with Crippen LogP contribution in [0, 0.1) is 0 Å². The van der Waals surface area contributed by atoms with Crippen molar-refractivity contribution >= 4 is 34.8 Å². The molecular weight excluding hydrogens is 506 g/mol. The topological polar surface area (TPSA) is 112 Å². The Balaban J connectivity index is 1.03. The highest BCUT2D eigenvalue weighted by Crippen LogP contribution is 2.24. The van der Waals surface area contributed by atoms with E-state index in [0.29, 0.717) is 12.6 Å². The van der Waals surface area contributed by atoms with E-state index >= 15 is 0 Å². The fourth-order valence-electron chi connectivity index (χ4n) is 5.50. The van der Waals surface area contributed by atoms with Gasteiger partial charge in [0.1, 0.15) is 6.10 Å². The zero-order chi connectivity index (χ0) is 27.3. The molecule has 0 radical (unpaired) electrons. The third-order valence-electron chi connectivity index (χ3n) is 7.76. The molecule has 0 aliphatic carbocycles. The predicted octanol–water partition coefficient (Wildman–Crippen LogP) is 3.41. The molecule has 3 saturated heterocycles. The molecule has 2 amide bonds. The van der Waals surface area contributed by atoms with Crippen LogP contribution in [0.2, 0.25) is 0 Å². The molecule has 6 rings (SSSR count). The summed E-state index contributed by atoms with van der Waals surface area (Å²) in [5, 5.41) is 9.53. The molecular formula is C30H35N7O3. The van der Waals surface area contributed by atoms with Gasteiger partial charge in [-0.05, 0) is 74.7 Å². The number of hydrogen-bond acceptors (Lipinski definition) is 8. The third kappa shape index (κ3) is 6.08. The predicted molar refractivity (Wildman–Crippen MR) is 155 cm³/mol. The normalized spacial score (nSPS) is 20.9. The standard InChI is InChI=1S/C30H35N7O3/c38-28(27-4-2-20-40-27)33-22-7-5-21(6-8-22)25-13-15-32-30(35-25)34-23-9-11-24(12-10-23)36-16-18-37(19-17-36)29(39)26-3-1-14-31-26/h5-13,15,26-27,31H,1-4,14,16-20H2,(H,33,38)(H,32,34,35)/t26-,27?/m0/s1. The van der Waals surface area contributed by atoms with Crippen molar-refractivity contribution in [2.45, 2.75) is 37.8 Å². The molecule has 3 aliphatic heterocycles. The van der Waals surface area contributed by atoms with E-state index in [1.54, 1.807) is 6.20 Å². The molecule has 3 aliphatic rings. The summed E-state index contributed by atoms with van der Waals surface area (Å²) in [7, 11) is 0. The number of nitrogens with zero attached hydrogens (tertiary/aromatic N) is 4. The van der Waals surface area contributed by atoms with Crippen LogP contribution in [-0.4, -0.2) is 78.2 Å². The number of hydrogen-bond donors (Lipinski definition) is 3. The highest BCUT2D eigenvalue weighted by atomic mass is 16.5.